The van der Waals surface area contributed by atoms with Crippen molar-refractivity contribution in [2.24, 2.45) is 0 Å². The summed E-state index contributed by atoms with van der Waals surface area (Å²) < 4.78 is 6.40. The largest absolute Gasteiger partial charge is 0.456 e. The highest BCUT2D eigenvalue weighted by atomic mass is 16.5. The van der Waals surface area contributed by atoms with Crippen LogP contribution in [0.25, 0.3) is 54.9 Å². The molecule has 0 bridgehead atoms. The summed E-state index contributed by atoms with van der Waals surface area (Å²) in [6.45, 7) is 0. The fraction of sp³-hybridized carbons (Fsp3) is 0. The van der Waals surface area contributed by atoms with Crippen LogP contribution in [0.3, 0.4) is 0 Å². The fourth-order valence-corrected chi connectivity index (χ4v) is 6.93. The van der Waals surface area contributed by atoms with E-state index in [-0.39, 0.29) is 0 Å². The first-order valence-corrected chi connectivity index (χ1v) is 15.7. The molecule has 0 N–H and O–H groups in total. The average Bonchev–Trinajstić information content (AvgIpc) is 3.12. The van der Waals surface area contributed by atoms with Gasteiger partial charge in [0.1, 0.15) is 11.5 Å². The molecule has 1 aliphatic heterocycles. The molecular weight excluding hydrogens is 558 g/mol. The molecule has 0 fully saturated rings. The zero-order valence-corrected chi connectivity index (χ0v) is 25.1. The standard InChI is InChI=1S/C44H29NO/c1-2-17-34(18-3-1)45(41-24-7-6-21-38(41)37-22-9-13-30-12-4-5-20-36(30)37)35-19-8-16-32(28-35)33-26-27-42-40(29-33)39-23-10-14-31-15-11-25-43(46-42)44(31)39/h1-29H. The zero-order valence-electron chi connectivity index (χ0n) is 25.1. The lowest BCUT2D eigenvalue weighted by molar-refractivity contribution is 0.487. The second-order valence-corrected chi connectivity index (χ2v) is 11.7. The molecule has 0 aromatic heterocycles. The van der Waals surface area contributed by atoms with Gasteiger partial charge in [-0.25, -0.2) is 0 Å². The summed E-state index contributed by atoms with van der Waals surface area (Å²) in [5.41, 5.74) is 10.4. The molecule has 0 saturated heterocycles. The minimum atomic E-state index is 0.890. The summed E-state index contributed by atoms with van der Waals surface area (Å²) in [7, 11) is 0. The number of anilines is 3. The van der Waals surface area contributed by atoms with Gasteiger partial charge in [0.2, 0.25) is 0 Å². The van der Waals surface area contributed by atoms with Gasteiger partial charge < -0.3 is 9.64 Å². The smallest absolute Gasteiger partial charge is 0.135 e. The highest BCUT2D eigenvalue weighted by Gasteiger charge is 2.22. The first-order chi connectivity index (χ1) is 22.8. The molecule has 46 heavy (non-hydrogen) atoms. The fourth-order valence-electron chi connectivity index (χ4n) is 6.93. The molecule has 9 rings (SSSR count). The summed E-state index contributed by atoms with van der Waals surface area (Å²) in [6, 6.07) is 62.7. The van der Waals surface area contributed by atoms with Crippen molar-refractivity contribution in [3.8, 4) is 44.9 Å². The quantitative estimate of drug-likeness (QED) is 0.199. The molecule has 0 unspecified atom stereocenters. The van der Waals surface area contributed by atoms with Crippen LogP contribution in [0.1, 0.15) is 0 Å². The number of nitrogens with zero attached hydrogens (tertiary/aromatic N) is 1. The van der Waals surface area contributed by atoms with Gasteiger partial charge in [0.25, 0.3) is 0 Å². The topological polar surface area (TPSA) is 12.5 Å². The van der Waals surface area contributed by atoms with Crippen molar-refractivity contribution >= 4 is 38.6 Å². The molecule has 8 aromatic rings. The van der Waals surface area contributed by atoms with E-state index < -0.39 is 0 Å². The lowest BCUT2D eigenvalue weighted by Gasteiger charge is -2.28. The number of para-hydroxylation sites is 2. The van der Waals surface area contributed by atoms with Crippen molar-refractivity contribution in [2.75, 3.05) is 4.90 Å². The maximum Gasteiger partial charge on any atom is 0.135 e. The second kappa shape index (κ2) is 10.8. The molecule has 2 heteroatoms. The third kappa shape index (κ3) is 4.35. The highest BCUT2D eigenvalue weighted by Crippen LogP contribution is 2.48. The van der Waals surface area contributed by atoms with Crippen LogP contribution in [0.5, 0.6) is 11.5 Å². The molecule has 0 saturated carbocycles. The molecule has 8 aromatic carbocycles. The number of fused-ring (bicyclic) bond motifs is 3. The van der Waals surface area contributed by atoms with Gasteiger partial charge in [-0.1, -0.05) is 127 Å². The maximum atomic E-state index is 6.40. The van der Waals surface area contributed by atoms with Crippen LogP contribution in [-0.2, 0) is 0 Å². The highest BCUT2D eigenvalue weighted by molar-refractivity contribution is 6.05. The van der Waals surface area contributed by atoms with Gasteiger partial charge in [-0.05, 0) is 86.9 Å². The van der Waals surface area contributed by atoms with Crippen LogP contribution in [0.15, 0.2) is 176 Å². The van der Waals surface area contributed by atoms with Crippen LogP contribution in [0, 0.1) is 0 Å². The molecule has 1 aliphatic rings. The van der Waals surface area contributed by atoms with Crippen molar-refractivity contribution in [1.29, 1.82) is 0 Å². The second-order valence-electron chi connectivity index (χ2n) is 11.7. The monoisotopic (exact) mass is 587 g/mol. The van der Waals surface area contributed by atoms with E-state index in [1.165, 1.54) is 38.2 Å². The van der Waals surface area contributed by atoms with Crippen molar-refractivity contribution in [3.05, 3.63) is 176 Å². The van der Waals surface area contributed by atoms with Crippen LogP contribution in [0.4, 0.5) is 17.1 Å². The number of ether oxygens (including phenoxy) is 1. The van der Waals surface area contributed by atoms with Gasteiger partial charge >= 0.3 is 0 Å². The number of hydrogen-bond donors (Lipinski definition) is 0. The first-order valence-electron chi connectivity index (χ1n) is 15.7. The van der Waals surface area contributed by atoms with Crippen molar-refractivity contribution in [3.63, 3.8) is 0 Å². The Morgan fingerprint density at radius 2 is 1.02 bits per heavy atom. The summed E-state index contributed by atoms with van der Waals surface area (Å²) in [5, 5.41) is 4.84. The third-order valence-corrected chi connectivity index (χ3v) is 9.03. The van der Waals surface area contributed by atoms with Gasteiger partial charge in [0, 0.05) is 27.9 Å². The molecule has 0 amide bonds. The van der Waals surface area contributed by atoms with E-state index in [0.717, 1.165) is 45.3 Å². The van der Waals surface area contributed by atoms with E-state index in [9.17, 15) is 0 Å². The lowest BCUT2D eigenvalue weighted by Crippen LogP contribution is -2.11. The Labute approximate surface area is 268 Å². The zero-order chi connectivity index (χ0) is 30.5. The predicted molar refractivity (Wildman–Crippen MR) is 193 cm³/mol. The number of rotatable bonds is 5. The Morgan fingerprint density at radius 3 is 1.93 bits per heavy atom. The predicted octanol–water partition coefficient (Wildman–Crippen LogP) is 12.6. The van der Waals surface area contributed by atoms with E-state index in [2.05, 4.69) is 181 Å². The molecule has 0 radical (unpaired) electrons. The lowest BCUT2D eigenvalue weighted by atomic mass is 9.92. The van der Waals surface area contributed by atoms with Gasteiger partial charge in [0.05, 0.1) is 5.69 Å². The Balaban J connectivity index is 1.20. The summed E-state index contributed by atoms with van der Waals surface area (Å²) in [4.78, 5) is 2.37. The van der Waals surface area contributed by atoms with Gasteiger partial charge in [0.15, 0.2) is 0 Å². The maximum absolute atomic E-state index is 6.40. The Bertz CT molecular complexity index is 2400. The van der Waals surface area contributed by atoms with Crippen LogP contribution < -0.4 is 9.64 Å². The summed E-state index contributed by atoms with van der Waals surface area (Å²) in [6.07, 6.45) is 0. The number of benzene rings is 8. The van der Waals surface area contributed by atoms with E-state index in [1.54, 1.807) is 0 Å². The van der Waals surface area contributed by atoms with Gasteiger partial charge in [-0.3, -0.25) is 0 Å². The first kappa shape index (κ1) is 26.3. The molecule has 216 valence electrons. The molecular formula is C44H29NO. The third-order valence-electron chi connectivity index (χ3n) is 9.03. The number of hydrogen-bond acceptors (Lipinski definition) is 2. The van der Waals surface area contributed by atoms with E-state index in [4.69, 9.17) is 4.74 Å². The van der Waals surface area contributed by atoms with Crippen molar-refractivity contribution in [2.45, 2.75) is 0 Å². The van der Waals surface area contributed by atoms with Gasteiger partial charge in [-0.2, -0.15) is 0 Å². The van der Waals surface area contributed by atoms with Crippen LogP contribution in [-0.4, -0.2) is 0 Å². The van der Waals surface area contributed by atoms with E-state index >= 15 is 0 Å². The van der Waals surface area contributed by atoms with Gasteiger partial charge in [-0.15, -0.1) is 0 Å². The van der Waals surface area contributed by atoms with E-state index in [1.807, 2.05) is 0 Å². The normalized spacial score (nSPS) is 11.7. The summed E-state index contributed by atoms with van der Waals surface area (Å²) in [5.74, 6) is 1.81. The molecule has 0 spiro atoms. The van der Waals surface area contributed by atoms with Crippen LogP contribution >= 0.6 is 0 Å². The van der Waals surface area contributed by atoms with Crippen molar-refractivity contribution < 1.29 is 4.74 Å². The Kier molecular flexibility index (Phi) is 6.17. The van der Waals surface area contributed by atoms with Crippen LogP contribution in [0.2, 0.25) is 0 Å². The minimum Gasteiger partial charge on any atom is -0.456 e. The average molecular weight is 588 g/mol. The Hall–Kier alpha value is -6.12. The molecule has 1 heterocycles. The van der Waals surface area contributed by atoms with Crippen molar-refractivity contribution in [1.82, 2.24) is 0 Å². The van der Waals surface area contributed by atoms with E-state index in [0.29, 0.717) is 0 Å². The SMILES string of the molecule is c1ccc(N(c2cccc(-c3ccc4c(c3)-c3cccc5cccc(c35)O4)c2)c2ccccc2-c2cccc3ccccc23)cc1. The molecule has 2 nitrogen and oxygen atoms in total. The molecule has 0 aliphatic carbocycles. The molecule has 0 atom stereocenters. The minimum absolute atomic E-state index is 0.890. The Morgan fingerprint density at radius 1 is 0.370 bits per heavy atom. The summed E-state index contributed by atoms with van der Waals surface area (Å²) >= 11 is 0.